The Kier molecular flexibility index (Phi) is 16.9. The third-order valence-corrected chi connectivity index (χ3v) is 7.34. The van der Waals surface area contributed by atoms with Gasteiger partial charge in [-0.3, -0.25) is 4.90 Å². The Bertz CT molecular complexity index is 1390. The molecule has 0 aliphatic carbocycles. The number of urea groups is 2. The van der Waals surface area contributed by atoms with E-state index in [4.69, 9.17) is 0 Å². The second kappa shape index (κ2) is 19.5. The van der Waals surface area contributed by atoms with Gasteiger partial charge in [-0.1, -0.05) is 102 Å². The summed E-state index contributed by atoms with van der Waals surface area (Å²) in [5.41, 5.74) is 10.2. The molecule has 0 bridgehead atoms. The monoisotopic (exact) mass is 642 g/mol. The van der Waals surface area contributed by atoms with Gasteiger partial charge in [0.25, 0.3) is 0 Å². The van der Waals surface area contributed by atoms with Crippen molar-refractivity contribution in [3.8, 4) is 0 Å². The molecule has 0 saturated carbocycles. The van der Waals surface area contributed by atoms with Gasteiger partial charge >= 0.3 is 12.1 Å². The number of hydrogen-bond donors (Lipinski definition) is 2. The van der Waals surface area contributed by atoms with Crippen molar-refractivity contribution in [2.24, 2.45) is 0 Å². The second-order valence-corrected chi connectivity index (χ2v) is 11.0. The Balaban J connectivity index is 0.000000256. The number of nitrogens with one attached hydrogen (secondary N) is 2. The second-order valence-electron chi connectivity index (χ2n) is 11.0. The summed E-state index contributed by atoms with van der Waals surface area (Å²) in [6, 6.07) is 34.5. The van der Waals surface area contributed by atoms with E-state index in [9.17, 15) is 9.59 Å². The van der Waals surface area contributed by atoms with Crippen molar-refractivity contribution in [1.82, 2.24) is 15.5 Å². The van der Waals surface area contributed by atoms with Crippen LogP contribution in [0.4, 0.5) is 15.3 Å². The molecule has 0 atom stereocenters. The number of amides is 4. The molecule has 2 aliphatic heterocycles. The summed E-state index contributed by atoms with van der Waals surface area (Å²) in [6.07, 6.45) is 1.95. The summed E-state index contributed by atoms with van der Waals surface area (Å²) in [4.78, 5) is 25.6. The first kappa shape index (κ1) is 38.1. The van der Waals surface area contributed by atoms with Crippen molar-refractivity contribution in [1.29, 1.82) is 0 Å². The first-order valence-electron chi connectivity index (χ1n) is 14.6. The first-order valence-corrected chi connectivity index (χ1v) is 14.6. The molecule has 4 aromatic carbocycles. The predicted molar refractivity (Wildman–Crippen MR) is 172 cm³/mol. The maximum absolute atomic E-state index is 12.0. The molecule has 8 heteroatoms. The molecule has 2 aliphatic rings. The summed E-state index contributed by atoms with van der Waals surface area (Å²) in [6.45, 7) is 9.46. The zero-order chi connectivity index (χ0) is 29.9. The molecule has 44 heavy (non-hydrogen) atoms. The molecule has 6 nitrogen and oxygen atoms in total. The summed E-state index contributed by atoms with van der Waals surface area (Å²) < 4.78 is 0. The van der Waals surface area contributed by atoms with Crippen LogP contribution in [-0.4, -0.2) is 50.2 Å². The Morgan fingerprint density at radius 1 is 0.545 bits per heavy atom. The van der Waals surface area contributed by atoms with Crippen molar-refractivity contribution >= 4 is 17.7 Å². The average Bonchev–Trinajstić information content (AvgIpc) is 3.61. The van der Waals surface area contributed by atoms with Crippen LogP contribution in [0.5, 0.6) is 0 Å². The zero-order valence-corrected chi connectivity index (χ0v) is 27.3. The Morgan fingerprint density at radius 2 is 0.886 bits per heavy atom. The van der Waals surface area contributed by atoms with Crippen LogP contribution in [0.25, 0.3) is 0 Å². The van der Waals surface area contributed by atoms with Gasteiger partial charge in [-0.25, -0.2) is 9.59 Å². The summed E-state index contributed by atoms with van der Waals surface area (Å²) >= 11 is 0. The quantitative estimate of drug-likeness (QED) is 0.256. The van der Waals surface area contributed by atoms with Crippen molar-refractivity contribution in [2.75, 3.05) is 38.1 Å². The third kappa shape index (κ3) is 12.4. The molecule has 2 fully saturated rings. The smallest absolute Gasteiger partial charge is 0.324 e. The predicted octanol–water partition coefficient (Wildman–Crippen LogP) is 6.65. The standard InChI is InChI=1S/C18H20N2O.C15H16.C3H6N2O.2Ar/c1-14-3-5-15(6-4-14)13-16-7-9-17(10-8-16)20-12-11-19(2)18(20)21;1-12-3-7-14(8-4-12)11-15-9-5-13(2)6-10-15;6-3-4-1-2-5-3;;/h3-10H,11-13H2,1-2H3;3-10H,11H2,1-2H3;1-2H2,(H2,4,5,6);;. The summed E-state index contributed by atoms with van der Waals surface area (Å²) in [5, 5.41) is 5.14. The number of hydrogen-bond acceptors (Lipinski definition) is 2. The molecule has 0 radical (unpaired) electrons. The van der Waals surface area contributed by atoms with E-state index >= 15 is 0 Å². The van der Waals surface area contributed by atoms with E-state index in [1.54, 1.807) is 4.90 Å². The van der Waals surface area contributed by atoms with Crippen LogP contribution in [0.15, 0.2) is 97.1 Å². The number of likely N-dealkylation sites (N-methyl/N-ethyl adjacent to an activating group) is 1. The van der Waals surface area contributed by atoms with E-state index in [2.05, 4.69) is 116 Å². The van der Waals surface area contributed by atoms with Gasteiger partial charge in [-0.05, 0) is 68.0 Å². The fraction of sp³-hybridized carbons (Fsp3) is 0.278. The van der Waals surface area contributed by atoms with Gasteiger partial charge in [-0.15, -0.1) is 0 Å². The Hall–Kier alpha value is -2.06. The minimum atomic E-state index is -0.0463. The van der Waals surface area contributed by atoms with Crippen LogP contribution in [0.1, 0.15) is 38.9 Å². The molecule has 234 valence electrons. The van der Waals surface area contributed by atoms with E-state index in [-0.39, 0.29) is 87.5 Å². The van der Waals surface area contributed by atoms with Gasteiger partial charge in [0.1, 0.15) is 0 Å². The van der Waals surface area contributed by atoms with Crippen molar-refractivity contribution < 1.29 is 85.1 Å². The van der Waals surface area contributed by atoms with Crippen molar-refractivity contribution in [3.63, 3.8) is 0 Å². The first-order chi connectivity index (χ1) is 20.3. The normalized spacial score (nSPS) is 13.3. The largest absolute Gasteiger partial charge is 0.336 e. The SMILES string of the molecule is Cc1ccc(Cc2ccc(C)cc2)cc1.Cc1ccc(Cc2ccc(N3CCN(C)C3=O)cc2)cc1.O=C1NCCN1.[Ar].[Ar]. The van der Waals surface area contributed by atoms with E-state index in [1.165, 1.54) is 38.9 Å². The molecular formula is C36H42Ar2N4O2. The van der Waals surface area contributed by atoms with Crippen LogP contribution in [-0.2, 0) is 12.8 Å². The van der Waals surface area contributed by atoms with Gasteiger partial charge in [0.05, 0.1) is 0 Å². The van der Waals surface area contributed by atoms with Gasteiger partial charge in [0.15, 0.2) is 0 Å². The minimum Gasteiger partial charge on any atom is -0.336 e. The van der Waals surface area contributed by atoms with Gasteiger partial charge < -0.3 is 15.5 Å². The number of carbonyl (C=O) groups is 2. The molecule has 6 rings (SSSR count). The molecular weight excluding hydrogens is 600 g/mol. The summed E-state index contributed by atoms with van der Waals surface area (Å²) in [7, 11) is 1.84. The topological polar surface area (TPSA) is 64.7 Å². The molecule has 0 unspecified atom stereocenters. The van der Waals surface area contributed by atoms with Gasteiger partial charge in [0, 0.05) is 114 Å². The number of benzene rings is 4. The van der Waals surface area contributed by atoms with Crippen LogP contribution < -0.4 is 15.5 Å². The third-order valence-electron chi connectivity index (χ3n) is 7.34. The van der Waals surface area contributed by atoms with E-state index < -0.39 is 0 Å². The molecule has 2 heterocycles. The van der Waals surface area contributed by atoms with Crippen LogP contribution in [0.3, 0.4) is 0 Å². The number of anilines is 1. The number of nitrogens with zero attached hydrogens (tertiary/aromatic N) is 2. The number of rotatable bonds is 5. The van der Waals surface area contributed by atoms with E-state index in [0.717, 1.165) is 44.7 Å². The van der Waals surface area contributed by atoms with Crippen LogP contribution in [0, 0.1) is 96.2 Å². The fourth-order valence-corrected chi connectivity index (χ4v) is 4.68. The number of carbonyl (C=O) groups excluding carboxylic acids is 2. The minimum absolute atomic E-state index is 0. The molecule has 2 N–H and O–H groups in total. The van der Waals surface area contributed by atoms with Crippen molar-refractivity contribution in [2.45, 2.75) is 33.6 Å². The molecule has 4 amide bonds. The van der Waals surface area contributed by atoms with Crippen molar-refractivity contribution in [3.05, 3.63) is 136 Å². The number of aryl methyl sites for hydroxylation is 3. The Morgan fingerprint density at radius 3 is 1.16 bits per heavy atom. The fourth-order valence-electron chi connectivity index (χ4n) is 4.68. The van der Waals surface area contributed by atoms with E-state index in [1.807, 2.05) is 24.1 Å². The molecule has 0 aromatic heterocycles. The van der Waals surface area contributed by atoms with E-state index in [0.29, 0.717) is 0 Å². The maximum atomic E-state index is 12.0. The molecule has 2 saturated heterocycles. The zero-order valence-electron chi connectivity index (χ0n) is 25.9. The Labute approximate surface area is 322 Å². The maximum Gasteiger partial charge on any atom is 0.324 e. The molecule has 4 aromatic rings. The van der Waals surface area contributed by atoms with Gasteiger partial charge in [0.2, 0.25) is 0 Å². The molecule has 0 spiro atoms. The van der Waals surface area contributed by atoms with Gasteiger partial charge in [-0.2, -0.15) is 0 Å². The summed E-state index contributed by atoms with van der Waals surface area (Å²) in [5.74, 6) is 0. The van der Waals surface area contributed by atoms with Crippen LogP contribution in [0.2, 0.25) is 0 Å². The average molecular weight is 643 g/mol. The van der Waals surface area contributed by atoms with Crippen LogP contribution >= 0.6 is 0 Å².